The van der Waals surface area contributed by atoms with Crippen LogP contribution in [0.5, 0.6) is 0 Å². The Balaban J connectivity index is 2.39. The van der Waals surface area contributed by atoms with E-state index in [4.69, 9.17) is 0 Å². The quantitative estimate of drug-likeness (QED) is 0.643. The Morgan fingerprint density at radius 3 is 1.30 bits per heavy atom. The van der Waals surface area contributed by atoms with Gasteiger partial charge in [-0.2, -0.15) is 0 Å². The highest BCUT2D eigenvalue weighted by molar-refractivity contribution is 6.03. The number of hydrogen-bond donors (Lipinski definition) is 0. The second kappa shape index (κ2) is 7.03. The number of carboxylic acid groups (broad SMARTS) is 1. The minimum absolute atomic E-state index is 0.266. The molecular weight excluding hydrogens is 332 g/mol. The predicted molar refractivity (Wildman–Crippen MR) is 110 cm³/mol. The van der Waals surface area contributed by atoms with Gasteiger partial charge in [-0.15, -0.1) is 0 Å². The number of carbonyl (C=O) groups excluding carboxylic acids is 1. The van der Waals surface area contributed by atoms with Gasteiger partial charge >= 0.3 is 0 Å². The molecule has 0 fully saturated rings. The molecule has 0 aliphatic heterocycles. The topological polar surface area (TPSA) is 40.1 Å². The third-order valence-corrected chi connectivity index (χ3v) is 5.16. The molecule has 0 saturated heterocycles. The summed E-state index contributed by atoms with van der Waals surface area (Å²) in [6.07, 6.45) is 0. The van der Waals surface area contributed by atoms with E-state index >= 15 is 0 Å². The van der Waals surface area contributed by atoms with Gasteiger partial charge in [-0.05, 0) is 86.1 Å². The molecule has 0 N–H and O–H groups in total. The van der Waals surface area contributed by atoms with Crippen molar-refractivity contribution in [3.05, 3.63) is 81.4 Å². The molecule has 0 heterocycles. The van der Waals surface area contributed by atoms with Crippen LogP contribution in [0, 0.1) is 41.5 Å². The maximum Gasteiger partial charge on any atom is 0.0727 e. The molecule has 3 aromatic rings. The number of aryl methyl sites for hydroxylation is 6. The van der Waals surface area contributed by atoms with Gasteiger partial charge in [-0.25, -0.2) is 0 Å². The van der Waals surface area contributed by atoms with Crippen LogP contribution in [0.25, 0.3) is 22.3 Å². The van der Waals surface area contributed by atoms with Crippen LogP contribution in [0.3, 0.4) is 0 Å². The summed E-state index contributed by atoms with van der Waals surface area (Å²) in [5, 5.41) is 12.3. The van der Waals surface area contributed by atoms with Gasteiger partial charge in [0, 0.05) is 5.56 Å². The molecular formula is C25H25O2-. The highest BCUT2D eigenvalue weighted by Gasteiger charge is 2.18. The molecule has 0 saturated carbocycles. The van der Waals surface area contributed by atoms with Crippen molar-refractivity contribution < 1.29 is 9.90 Å². The number of benzene rings is 3. The Hall–Kier alpha value is -2.87. The highest BCUT2D eigenvalue weighted by atomic mass is 16.4. The van der Waals surface area contributed by atoms with Crippen molar-refractivity contribution in [1.29, 1.82) is 0 Å². The van der Waals surface area contributed by atoms with Crippen molar-refractivity contribution in [2.75, 3.05) is 0 Å². The van der Waals surface area contributed by atoms with E-state index in [9.17, 15) is 9.90 Å². The van der Waals surface area contributed by atoms with E-state index in [0.29, 0.717) is 0 Å². The summed E-state index contributed by atoms with van der Waals surface area (Å²) in [7, 11) is 0. The van der Waals surface area contributed by atoms with Crippen molar-refractivity contribution in [2.24, 2.45) is 0 Å². The number of carboxylic acids is 1. The number of rotatable bonds is 3. The SMILES string of the molecule is Cc1cc(C)c(-c2cccc(-c3c(C)cc(C)cc3C)c2C(=O)[O-])c(C)c1. The fourth-order valence-electron chi connectivity index (χ4n) is 4.40. The molecule has 0 radical (unpaired) electrons. The summed E-state index contributed by atoms with van der Waals surface area (Å²) in [4.78, 5) is 12.3. The van der Waals surface area contributed by atoms with Gasteiger partial charge in [0.25, 0.3) is 0 Å². The van der Waals surface area contributed by atoms with Crippen LogP contribution in [-0.2, 0) is 0 Å². The van der Waals surface area contributed by atoms with Crippen molar-refractivity contribution in [1.82, 2.24) is 0 Å². The van der Waals surface area contributed by atoms with E-state index in [1.165, 1.54) is 11.1 Å². The summed E-state index contributed by atoms with van der Waals surface area (Å²) < 4.78 is 0. The maximum atomic E-state index is 12.3. The van der Waals surface area contributed by atoms with Crippen LogP contribution in [0.4, 0.5) is 0 Å². The third-order valence-electron chi connectivity index (χ3n) is 5.16. The summed E-state index contributed by atoms with van der Waals surface area (Å²) in [6.45, 7) is 12.2. The average molecular weight is 357 g/mol. The van der Waals surface area contributed by atoms with Crippen LogP contribution >= 0.6 is 0 Å². The third kappa shape index (κ3) is 3.40. The van der Waals surface area contributed by atoms with Crippen molar-refractivity contribution in [2.45, 2.75) is 41.5 Å². The predicted octanol–water partition coefficient (Wildman–Crippen LogP) is 5.23. The largest absolute Gasteiger partial charge is 0.545 e. The number of carbonyl (C=O) groups is 1. The smallest absolute Gasteiger partial charge is 0.0727 e. The van der Waals surface area contributed by atoms with Crippen LogP contribution in [0.1, 0.15) is 43.7 Å². The Morgan fingerprint density at radius 1 is 0.667 bits per heavy atom. The molecule has 0 unspecified atom stereocenters. The van der Waals surface area contributed by atoms with E-state index < -0.39 is 5.97 Å². The van der Waals surface area contributed by atoms with Crippen LogP contribution < -0.4 is 5.11 Å². The lowest BCUT2D eigenvalue weighted by Gasteiger charge is -2.21. The Kier molecular flexibility index (Phi) is 4.93. The second-order valence-corrected chi connectivity index (χ2v) is 7.56. The first-order valence-corrected chi connectivity index (χ1v) is 9.21. The molecule has 27 heavy (non-hydrogen) atoms. The lowest BCUT2D eigenvalue weighted by atomic mass is 9.85. The molecule has 138 valence electrons. The van der Waals surface area contributed by atoms with Crippen molar-refractivity contribution in [3.8, 4) is 22.3 Å². The zero-order valence-electron chi connectivity index (χ0n) is 16.9. The first-order chi connectivity index (χ1) is 12.7. The lowest BCUT2D eigenvalue weighted by Crippen LogP contribution is -2.24. The summed E-state index contributed by atoms with van der Waals surface area (Å²) in [6, 6.07) is 14.1. The second-order valence-electron chi connectivity index (χ2n) is 7.56. The molecule has 0 aromatic heterocycles. The molecule has 0 atom stereocenters. The molecule has 0 aliphatic rings. The molecule has 0 spiro atoms. The number of aromatic carboxylic acids is 1. The van der Waals surface area contributed by atoms with E-state index in [1.54, 1.807) is 0 Å². The van der Waals surface area contributed by atoms with Gasteiger partial charge in [-0.3, -0.25) is 0 Å². The summed E-state index contributed by atoms with van der Waals surface area (Å²) >= 11 is 0. The van der Waals surface area contributed by atoms with E-state index in [1.807, 2.05) is 45.9 Å². The molecule has 3 rings (SSSR count). The lowest BCUT2D eigenvalue weighted by molar-refractivity contribution is -0.254. The highest BCUT2D eigenvalue weighted by Crippen LogP contribution is 2.38. The minimum Gasteiger partial charge on any atom is -0.545 e. The standard InChI is InChI=1S/C25H26O2/c1-14-10-16(3)22(17(4)11-14)20-8-7-9-21(24(20)25(26)27)23-18(5)12-15(2)13-19(23)6/h7-13H,1-6H3,(H,26,27)/p-1. The van der Waals surface area contributed by atoms with E-state index in [0.717, 1.165) is 44.5 Å². The molecule has 2 heteroatoms. The maximum absolute atomic E-state index is 12.3. The first-order valence-electron chi connectivity index (χ1n) is 9.21. The molecule has 3 aromatic carbocycles. The molecule has 2 nitrogen and oxygen atoms in total. The van der Waals surface area contributed by atoms with Crippen LogP contribution in [0.2, 0.25) is 0 Å². The van der Waals surface area contributed by atoms with Crippen LogP contribution in [-0.4, -0.2) is 5.97 Å². The van der Waals surface area contributed by atoms with Crippen molar-refractivity contribution in [3.63, 3.8) is 0 Å². The summed E-state index contributed by atoms with van der Waals surface area (Å²) in [5.41, 5.74) is 10.3. The zero-order valence-corrected chi connectivity index (χ0v) is 16.9. The van der Waals surface area contributed by atoms with Gasteiger partial charge in [0.15, 0.2) is 0 Å². The van der Waals surface area contributed by atoms with Gasteiger partial charge < -0.3 is 9.90 Å². The van der Waals surface area contributed by atoms with Crippen molar-refractivity contribution >= 4 is 5.97 Å². The molecule has 0 aliphatic carbocycles. The summed E-state index contributed by atoms with van der Waals surface area (Å²) in [5.74, 6) is -1.14. The Labute approximate surface area is 161 Å². The minimum atomic E-state index is -1.14. The zero-order chi connectivity index (χ0) is 19.9. The fourth-order valence-corrected chi connectivity index (χ4v) is 4.40. The fraction of sp³-hybridized carbons (Fsp3) is 0.240. The average Bonchev–Trinajstić information content (AvgIpc) is 2.52. The van der Waals surface area contributed by atoms with Gasteiger partial charge in [0.1, 0.15) is 0 Å². The number of hydrogen-bond acceptors (Lipinski definition) is 2. The monoisotopic (exact) mass is 357 g/mol. The van der Waals surface area contributed by atoms with Crippen LogP contribution in [0.15, 0.2) is 42.5 Å². The van der Waals surface area contributed by atoms with Gasteiger partial charge in [0.2, 0.25) is 0 Å². The Bertz CT molecular complexity index is 936. The van der Waals surface area contributed by atoms with Gasteiger partial charge in [-0.1, -0.05) is 53.6 Å². The first kappa shape index (κ1) is 18.9. The Morgan fingerprint density at radius 2 is 1.00 bits per heavy atom. The van der Waals surface area contributed by atoms with E-state index in [-0.39, 0.29) is 5.56 Å². The molecule has 0 bridgehead atoms. The van der Waals surface area contributed by atoms with E-state index in [2.05, 4.69) is 38.1 Å². The molecule has 0 amide bonds. The normalized spacial score (nSPS) is 10.9. The van der Waals surface area contributed by atoms with Gasteiger partial charge in [0.05, 0.1) is 5.97 Å².